The molecule has 142 valence electrons. The van der Waals surface area contributed by atoms with Crippen LogP contribution in [0.25, 0.3) is 11.1 Å². The van der Waals surface area contributed by atoms with Gasteiger partial charge in [-0.15, -0.1) is 0 Å². The lowest BCUT2D eigenvalue weighted by Crippen LogP contribution is -2.06. The minimum Gasteiger partial charge on any atom is -0.398 e. The predicted molar refractivity (Wildman–Crippen MR) is 117 cm³/mol. The van der Waals surface area contributed by atoms with Crippen LogP contribution in [0, 0.1) is 0 Å². The highest BCUT2D eigenvalue weighted by atomic mass is 14.6. The molecule has 0 heterocycles. The fraction of sp³-hybridized carbons (Fsp3) is 0.500. The highest BCUT2D eigenvalue weighted by Gasteiger charge is 2.18. The lowest BCUT2D eigenvalue weighted by atomic mass is 9.85. The normalized spacial score (nSPS) is 12.0. The van der Waals surface area contributed by atoms with Crippen molar-refractivity contribution < 1.29 is 0 Å². The van der Waals surface area contributed by atoms with Crippen molar-refractivity contribution in [2.45, 2.75) is 79.1 Å². The lowest BCUT2D eigenvalue weighted by molar-refractivity contribution is 0.837. The molecule has 0 saturated heterocycles. The first-order valence-electron chi connectivity index (χ1n) is 9.91. The quantitative estimate of drug-likeness (QED) is 0.568. The molecule has 0 aliphatic rings. The fourth-order valence-corrected chi connectivity index (χ4v) is 3.64. The maximum absolute atomic E-state index is 6.49. The van der Waals surface area contributed by atoms with Crippen LogP contribution >= 0.6 is 0 Å². The molecule has 0 aromatic heterocycles. The second-order valence-electron chi connectivity index (χ2n) is 8.76. The van der Waals surface area contributed by atoms with Crippen molar-refractivity contribution in [3.63, 3.8) is 0 Å². The van der Waals surface area contributed by atoms with Crippen LogP contribution in [0.2, 0.25) is 0 Å². The lowest BCUT2D eigenvalue weighted by Gasteiger charge is -2.22. The van der Waals surface area contributed by atoms with Gasteiger partial charge in [0.15, 0.2) is 0 Å². The van der Waals surface area contributed by atoms with Gasteiger partial charge in [0.25, 0.3) is 0 Å². The van der Waals surface area contributed by atoms with Crippen molar-refractivity contribution in [2.75, 3.05) is 11.5 Å². The van der Waals surface area contributed by atoms with Gasteiger partial charge in [-0.1, -0.05) is 55.4 Å². The topological polar surface area (TPSA) is 52.0 Å². The summed E-state index contributed by atoms with van der Waals surface area (Å²) >= 11 is 0. The number of rotatable bonds is 5. The summed E-state index contributed by atoms with van der Waals surface area (Å²) in [6.07, 6.45) is 0. The van der Waals surface area contributed by atoms with Gasteiger partial charge in [-0.05, 0) is 81.3 Å². The van der Waals surface area contributed by atoms with E-state index in [9.17, 15) is 0 Å². The van der Waals surface area contributed by atoms with Gasteiger partial charge in [0.1, 0.15) is 0 Å². The van der Waals surface area contributed by atoms with Crippen LogP contribution in [-0.2, 0) is 0 Å². The van der Waals surface area contributed by atoms with Crippen molar-refractivity contribution in [1.29, 1.82) is 0 Å². The Balaban J connectivity index is 2.79. The molecule has 0 saturated carbocycles. The van der Waals surface area contributed by atoms with Crippen LogP contribution < -0.4 is 11.5 Å². The summed E-state index contributed by atoms with van der Waals surface area (Å²) in [5, 5.41) is 0. The molecule has 0 aliphatic heterocycles. The Hall–Kier alpha value is -1.96. The Kier molecular flexibility index (Phi) is 6.05. The molecule has 2 aromatic carbocycles. The number of hydrogen-bond donors (Lipinski definition) is 2. The molecule has 0 fully saturated rings. The molecule has 2 heteroatoms. The molecule has 26 heavy (non-hydrogen) atoms. The van der Waals surface area contributed by atoms with E-state index in [1.54, 1.807) is 0 Å². The molecule has 2 nitrogen and oxygen atoms in total. The van der Waals surface area contributed by atoms with E-state index in [0.29, 0.717) is 23.7 Å². The first-order chi connectivity index (χ1) is 12.0. The third-order valence-corrected chi connectivity index (χ3v) is 5.31. The van der Waals surface area contributed by atoms with Crippen LogP contribution in [0.4, 0.5) is 11.4 Å². The van der Waals surface area contributed by atoms with Gasteiger partial charge in [-0.25, -0.2) is 0 Å². The second kappa shape index (κ2) is 7.73. The van der Waals surface area contributed by atoms with Crippen LogP contribution in [0.15, 0.2) is 24.3 Å². The van der Waals surface area contributed by atoms with Crippen molar-refractivity contribution in [3.8, 4) is 11.1 Å². The molecule has 0 amide bonds. The van der Waals surface area contributed by atoms with E-state index in [1.807, 2.05) is 0 Å². The number of hydrogen-bond acceptors (Lipinski definition) is 2. The average Bonchev–Trinajstić information content (AvgIpc) is 2.54. The third kappa shape index (κ3) is 3.90. The standard InChI is InChI=1S/C24H36N2/c1-13(2)19-9-17(10-20(14(3)4)23(19)25)18-11-21(15(5)6)24(26)22(12-18)16(7)8/h9-16H,25-26H2,1-8H3. The van der Waals surface area contributed by atoms with Crippen molar-refractivity contribution in [2.24, 2.45) is 0 Å². The van der Waals surface area contributed by atoms with Gasteiger partial charge in [-0.3, -0.25) is 0 Å². The summed E-state index contributed by atoms with van der Waals surface area (Å²) in [6, 6.07) is 9.08. The van der Waals surface area contributed by atoms with Gasteiger partial charge in [0.05, 0.1) is 0 Å². The molecule has 0 spiro atoms. The maximum atomic E-state index is 6.49. The minimum absolute atomic E-state index is 0.398. The van der Waals surface area contributed by atoms with E-state index in [-0.39, 0.29) is 0 Å². The summed E-state index contributed by atoms with van der Waals surface area (Å²) in [6.45, 7) is 17.7. The van der Waals surface area contributed by atoms with Crippen LogP contribution in [0.5, 0.6) is 0 Å². The van der Waals surface area contributed by atoms with E-state index in [4.69, 9.17) is 11.5 Å². The third-order valence-electron chi connectivity index (χ3n) is 5.31. The van der Waals surface area contributed by atoms with E-state index in [0.717, 1.165) is 11.4 Å². The van der Waals surface area contributed by atoms with Crippen molar-refractivity contribution in [3.05, 3.63) is 46.5 Å². The first-order valence-corrected chi connectivity index (χ1v) is 9.91. The monoisotopic (exact) mass is 352 g/mol. The zero-order valence-electron chi connectivity index (χ0n) is 17.8. The van der Waals surface area contributed by atoms with E-state index >= 15 is 0 Å². The highest BCUT2D eigenvalue weighted by molar-refractivity contribution is 5.75. The molecule has 2 aromatic rings. The van der Waals surface area contributed by atoms with Crippen LogP contribution in [0.3, 0.4) is 0 Å². The first kappa shape index (κ1) is 20.4. The molecule has 0 unspecified atom stereocenters. The maximum Gasteiger partial charge on any atom is 0.0384 e. The summed E-state index contributed by atoms with van der Waals surface area (Å²) in [7, 11) is 0. The number of nitrogen functional groups attached to an aromatic ring is 2. The SMILES string of the molecule is CC(C)c1cc(-c2cc(C(C)C)c(N)c(C(C)C)c2)cc(C(C)C)c1N. The molecule has 0 atom stereocenters. The number of benzene rings is 2. The van der Waals surface area contributed by atoms with Gasteiger partial charge in [0, 0.05) is 11.4 Å². The van der Waals surface area contributed by atoms with Crippen molar-refractivity contribution >= 4 is 11.4 Å². The van der Waals surface area contributed by atoms with Crippen molar-refractivity contribution in [1.82, 2.24) is 0 Å². The van der Waals surface area contributed by atoms with Gasteiger partial charge in [-0.2, -0.15) is 0 Å². The fourth-order valence-electron chi connectivity index (χ4n) is 3.64. The molecule has 0 aliphatic carbocycles. The smallest absolute Gasteiger partial charge is 0.0384 e. The Bertz CT molecular complexity index is 657. The Morgan fingerprint density at radius 1 is 0.462 bits per heavy atom. The van der Waals surface area contributed by atoms with E-state index in [2.05, 4.69) is 79.7 Å². The van der Waals surface area contributed by atoms with Gasteiger partial charge < -0.3 is 11.5 Å². The van der Waals surface area contributed by atoms with Gasteiger partial charge in [0.2, 0.25) is 0 Å². The summed E-state index contributed by atoms with van der Waals surface area (Å²) in [4.78, 5) is 0. The molecule has 0 radical (unpaired) electrons. The molecule has 0 bridgehead atoms. The van der Waals surface area contributed by atoms with Crippen LogP contribution in [-0.4, -0.2) is 0 Å². The Morgan fingerprint density at radius 2 is 0.654 bits per heavy atom. The van der Waals surface area contributed by atoms with E-state index < -0.39 is 0 Å². The summed E-state index contributed by atoms with van der Waals surface area (Å²) < 4.78 is 0. The largest absolute Gasteiger partial charge is 0.398 e. The Labute approximate surface area is 160 Å². The summed E-state index contributed by atoms with van der Waals surface area (Å²) in [5.74, 6) is 1.59. The van der Waals surface area contributed by atoms with Crippen LogP contribution in [0.1, 0.15) is 101 Å². The second-order valence-corrected chi connectivity index (χ2v) is 8.76. The zero-order valence-corrected chi connectivity index (χ0v) is 17.8. The molecular formula is C24H36N2. The molecule has 2 rings (SSSR count). The highest BCUT2D eigenvalue weighted by Crippen LogP contribution is 2.39. The minimum atomic E-state index is 0.398. The molecule has 4 N–H and O–H groups in total. The Morgan fingerprint density at radius 3 is 0.808 bits per heavy atom. The zero-order chi connectivity index (χ0) is 19.8. The van der Waals surface area contributed by atoms with E-state index in [1.165, 1.54) is 33.4 Å². The molecular weight excluding hydrogens is 316 g/mol. The average molecular weight is 353 g/mol. The number of nitrogens with two attached hydrogens (primary N) is 2. The predicted octanol–water partition coefficient (Wildman–Crippen LogP) is 7.01. The van der Waals surface area contributed by atoms with Gasteiger partial charge >= 0.3 is 0 Å². The number of anilines is 2. The summed E-state index contributed by atoms with van der Waals surface area (Å²) in [5.41, 5.74) is 22.3.